The number of hydrogen-bond acceptors (Lipinski definition) is 6. The Kier molecular flexibility index (Phi) is 6.15. The average molecular weight is 457 g/mol. The molecule has 9 heteroatoms. The lowest BCUT2D eigenvalue weighted by Gasteiger charge is -2.13. The number of sulfone groups is 1. The maximum Gasteiger partial charge on any atom is 0.230 e. The van der Waals surface area contributed by atoms with Gasteiger partial charge in [0, 0.05) is 11.6 Å². The summed E-state index contributed by atoms with van der Waals surface area (Å²) in [4.78, 5) is 12.4. The molecule has 1 fully saturated rings. The highest BCUT2D eigenvalue weighted by Crippen LogP contribution is 2.28. The van der Waals surface area contributed by atoms with Crippen molar-refractivity contribution in [2.45, 2.75) is 31.5 Å². The van der Waals surface area contributed by atoms with E-state index in [0.717, 1.165) is 16.8 Å². The SMILES string of the molecule is Cc1ccc(-n2c(SCC(=O)N[C@@H]3CCS(=O)(=O)C3)nnc2-c2ccccc2)cc1C. The van der Waals surface area contributed by atoms with Crippen LogP contribution in [0.1, 0.15) is 17.5 Å². The van der Waals surface area contributed by atoms with Crippen LogP contribution in [-0.4, -0.2) is 52.4 Å². The predicted molar refractivity (Wildman–Crippen MR) is 122 cm³/mol. The van der Waals surface area contributed by atoms with Crippen molar-refractivity contribution in [2.75, 3.05) is 17.3 Å². The normalized spacial score (nSPS) is 17.5. The molecule has 0 saturated carbocycles. The van der Waals surface area contributed by atoms with Crippen molar-refractivity contribution in [3.05, 3.63) is 59.7 Å². The number of carbonyl (C=O) groups excluding carboxylic acids is 1. The van der Waals surface area contributed by atoms with Gasteiger partial charge in [-0.15, -0.1) is 10.2 Å². The highest BCUT2D eigenvalue weighted by Gasteiger charge is 2.29. The van der Waals surface area contributed by atoms with Gasteiger partial charge < -0.3 is 5.32 Å². The molecule has 1 N–H and O–H groups in total. The Balaban J connectivity index is 1.58. The third-order valence-corrected chi connectivity index (χ3v) is 8.04. The van der Waals surface area contributed by atoms with Crippen LogP contribution in [0.25, 0.3) is 17.1 Å². The van der Waals surface area contributed by atoms with E-state index in [0.29, 0.717) is 17.4 Å². The van der Waals surface area contributed by atoms with Gasteiger partial charge in [0.15, 0.2) is 20.8 Å². The summed E-state index contributed by atoms with van der Waals surface area (Å²) in [5, 5.41) is 12.2. The second-order valence-corrected chi connectivity index (χ2v) is 10.9. The lowest BCUT2D eigenvalue weighted by Crippen LogP contribution is -2.36. The highest BCUT2D eigenvalue weighted by atomic mass is 32.2. The summed E-state index contributed by atoms with van der Waals surface area (Å²) in [5.74, 6) is 0.776. The van der Waals surface area contributed by atoms with Crippen molar-refractivity contribution in [3.8, 4) is 17.1 Å². The van der Waals surface area contributed by atoms with Gasteiger partial charge in [0.05, 0.1) is 22.9 Å². The molecule has 0 aliphatic carbocycles. The third-order valence-electron chi connectivity index (χ3n) is 5.34. The number of carbonyl (C=O) groups is 1. The Morgan fingerprint density at radius 3 is 2.58 bits per heavy atom. The van der Waals surface area contributed by atoms with Crippen LogP contribution >= 0.6 is 11.8 Å². The predicted octanol–water partition coefficient (Wildman–Crippen LogP) is 2.95. The van der Waals surface area contributed by atoms with Crippen LogP contribution < -0.4 is 5.32 Å². The quantitative estimate of drug-likeness (QED) is 0.573. The first-order valence-electron chi connectivity index (χ1n) is 10.0. The van der Waals surface area contributed by atoms with Crippen molar-refractivity contribution in [1.82, 2.24) is 20.1 Å². The number of hydrogen-bond donors (Lipinski definition) is 1. The van der Waals surface area contributed by atoms with Crippen molar-refractivity contribution < 1.29 is 13.2 Å². The topological polar surface area (TPSA) is 94.0 Å². The van der Waals surface area contributed by atoms with Crippen LogP contribution in [0.15, 0.2) is 53.7 Å². The third kappa shape index (κ3) is 4.99. The zero-order chi connectivity index (χ0) is 22.0. The first kappa shape index (κ1) is 21.6. The van der Waals surface area contributed by atoms with Gasteiger partial charge in [0.2, 0.25) is 5.91 Å². The minimum atomic E-state index is -3.03. The summed E-state index contributed by atoms with van der Waals surface area (Å²) in [5.41, 5.74) is 4.21. The minimum absolute atomic E-state index is 0.0143. The van der Waals surface area contributed by atoms with E-state index in [1.165, 1.54) is 17.3 Å². The zero-order valence-corrected chi connectivity index (χ0v) is 19.0. The Labute approximate surface area is 186 Å². The van der Waals surface area contributed by atoms with E-state index in [-0.39, 0.29) is 29.2 Å². The molecule has 2 heterocycles. The van der Waals surface area contributed by atoms with Gasteiger partial charge in [-0.1, -0.05) is 48.2 Å². The molecule has 1 aromatic heterocycles. The maximum absolute atomic E-state index is 12.4. The number of rotatable bonds is 6. The second kappa shape index (κ2) is 8.84. The monoisotopic (exact) mass is 456 g/mol. The fourth-order valence-corrected chi connectivity index (χ4v) is 5.98. The summed E-state index contributed by atoms with van der Waals surface area (Å²) >= 11 is 1.29. The Morgan fingerprint density at radius 2 is 1.90 bits per heavy atom. The van der Waals surface area contributed by atoms with E-state index < -0.39 is 9.84 Å². The number of amides is 1. The van der Waals surface area contributed by atoms with Gasteiger partial charge in [-0.3, -0.25) is 9.36 Å². The molecule has 1 saturated heterocycles. The number of benzene rings is 2. The molecule has 7 nitrogen and oxygen atoms in total. The van der Waals surface area contributed by atoms with Crippen molar-refractivity contribution in [2.24, 2.45) is 0 Å². The summed E-state index contributed by atoms with van der Waals surface area (Å²) in [6.07, 6.45) is 0.468. The molecular weight excluding hydrogens is 432 g/mol. The molecule has 1 amide bonds. The van der Waals surface area contributed by atoms with Crippen LogP contribution in [0.3, 0.4) is 0 Å². The van der Waals surface area contributed by atoms with E-state index >= 15 is 0 Å². The van der Waals surface area contributed by atoms with Gasteiger partial charge in [-0.25, -0.2) is 8.42 Å². The lowest BCUT2D eigenvalue weighted by atomic mass is 10.1. The van der Waals surface area contributed by atoms with E-state index in [1.807, 2.05) is 41.0 Å². The van der Waals surface area contributed by atoms with E-state index in [2.05, 4.69) is 41.5 Å². The molecule has 2 aromatic carbocycles. The molecule has 1 aliphatic rings. The molecule has 31 heavy (non-hydrogen) atoms. The molecule has 0 radical (unpaired) electrons. The van der Waals surface area contributed by atoms with Crippen LogP contribution in [0.4, 0.5) is 0 Å². The molecule has 0 bridgehead atoms. The molecular formula is C22H24N4O3S2. The molecule has 162 valence electrons. The molecule has 0 spiro atoms. The summed E-state index contributed by atoms with van der Waals surface area (Å²) in [7, 11) is -3.03. The van der Waals surface area contributed by atoms with Crippen LogP contribution in [0, 0.1) is 13.8 Å². The van der Waals surface area contributed by atoms with Gasteiger partial charge in [0.25, 0.3) is 0 Å². The van der Waals surface area contributed by atoms with E-state index in [9.17, 15) is 13.2 Å². The fraction of sp³-hybridized carbons (Fsp3) is 0.318. The number of nitrogens with one attached hydrogen (secondary N) is 1. The van der Waals surface area contributed by atoms with Crippen LogP contribution in [0.5, 0.6) is 0 Å². The lowest BCUT2D eigenvalue weighted by molar-refractivity contribution is -0.119. The number of aryl methyl sites for hydroxylation is 2. The van der Waals surface area contributed by atoms with Gasteiger partial charge in [0.1, 0.15) is 0 Å². The Hall–Kier alpha value is -2.65. The minimum Gasteiger partial charge on any atom is -0.352 e. The van der Waals surface area contributed by atoms with Crippen molar-refractivity contribution in [1.29, 1.82) is 0 Å². The maximum atomic E-state index is 12.4. The summed E-state index contributed by atoms with van der Waals surface area (Å²) in [6, 6.07) is 15.6. The molecule has 1 aliphatic heterocycles. The largest absolute Gasteiger partial charge is 0.352 e. The first-order chi connectivity index (χ1) is 14.8. The molecule has 3 aromatic rings. The summed E-state index contributed by atoms with van der Waals surface area (Å²) in [6.45, 7) is 4.12. The van der Waals surface area contributed by atoms with Crippen molar-refractivity contribution in [3.63, 3.8) is 0 Å². The second-order valence-electron chi connectivity index (χ2n) is 7.73. The number of nitrogens with zero attached hydrogens (tertiary/aromatic N) is 3. The zero-order valence-electron chi connectivity index (χ0n) is 17.4. The standard InChI is InChI=1S/C22H24N4O3S2/c1-15-8-9-19(12-16(15)2)26-21(17-6-4-3-5-7-17)24-25-22(26)30-13-20(27)23-18-10-11-31(28,29)14-18/h3-9,12,18H,10-11,13-14H2,1-2H3,(H,23,27)/t18-/m1/s1. The highest BCUT2D eigenvalue weighted by molar-refractivity contribution is 7.99. The van der Waals surface area contributed by atoms with Crippen LogP contribution in [0.2, 0.25) is 0 Å². The van der Waals surface area contributed by atoms with Gasteiger partial charge >= 0.3 is 0 Å². The van der Waals surface area contributed by atoms with Crippen LogP contribution in [-0.2, 0) is 14.6 Å². The molecule has 4 rings (SSSR count). The number of thioether (sulfide) groups is 1. The fourth-order valence-electron chi connectivity index (χ4n) is 3.54. The number of aromatic nitrogens is 3. The Morgan fingerprint density at radius 1 is 1.13 bits per heavy atom. The van der Waals surface area contributed by atoms with Crippen molar-refractivity contribution >= 4 is 27.5 Å². The van der Waals surface area contributed by atoms with E-state index in [4.69, 9.17) is 0 Å². The molecule has 1 atom stereocenters. The summed E-state index contributed by atoms with van der Waals surface area (Å²) < 4.78 is 25.2. The van der Waals surface area contributed by atoms with Gasteiger partial charge in [-0.05, 0) is 43.5 Å². The van der Waals surface area contributed by atoms with E-state index in [1.54, 1.807) is 0 Å². The first-order valence-corrected chi connectivity index (χ1v) is 12.8. The molecule has 0 unspecified atom stereocenters. The average Bonchev–Trinajstić information content (AvgIpc) is 3.32. The smallest absolute Gasteiger partial charge is 0.230 e. The van der Waals surface area contributed by atoms with Gasteiger partial charge in [-0.2, -0.15) is 0 Å². The Bertz CT molecular complexity index is 1210.